The van der Waals surface area contributed by atoms with Gasteiger partial charge in [0, 0.05) is 35.6 Å². The van der Waals surface area contributed by atoms with Crippen molar-refractivity contribution >= 4 is 28.4 Å². The molecule has 6 nitrogen and oxygen atoms in total. The minimum absolute atomic E-state index is 0.0813. The van der Waals surface area contributed by atoms with E-state index in [1.165, 1.54) is 0 Å². The molecule has 1 aliphatic heterocycles. The van der Waals surface area contributed by atoms with Gasteiger partial charge in [-0.2, -0.15) is 0 Å². The van der Waals surface area contributed by atoms with Crippen LogP contribution < -0.4 is 10.5 Å². The Morgan fingerprint density at radius 3 is 2.66 bits per heavy atom. The number of hydrogen-bond donors (Lipinski definition) is 0. The Balaban J connectivity index is 2.09. The number of fused-ring (bicyclic) bond motifs is 2. The van der Waals surface area contributed by atoms with Gasteiger partial charge in [0.25, 0.3) is 0 Å². The summed E-state index contributed by atoms with van der Waals surface area (Å²) < 4.78 is 10.4. The third-order valence-corrected chi connectivity index (χ3v) is 5.65. The maximum absolute atomic E-state index is 12.3. The zero-order valence-corrected chi connectivity index (χ0v) is 17.8. The maximum atomic E-state index is 12.3. The molecule has 1 atom stereocenters. The molecular weight excluding hydrogens is 370 g/mol. The van der Waals surface area contributed by atoms with Crippen molar-refractivity contribution in [1.29, 1.82) is 0 Å². The van der Waals surface area contributed by atoms with Crippen molar-refractivity contribution in [2.45, 2.75) is 65.3 Å². The van der Waals surface area contributed by atoms with E-state index in [1.54, 1.807) is 19.9 Å². The lowest BCUT2D eigenvalue weighted by molar-refractivity contribution is -0.117. The van der Waals surface area contributed by atoms with E-state index < -0.39 is 11.6 Å². The summed E-state index contributed by atoms with van der Waals surface area (Å²) in [5.74, 6) is -0.170. The molecule has 0 fully saturated rings. The van der Waals surface area contributed by atoms with E-state index in [1.807, 2.05) is 12.1 Å². The van der Waals surface area contributed by atoms with Crippen molar-refractivity contribution in [3.63, 3.8) is 0 Å². The first-order valence-electron chi connectivity index (χ1n) is 10.2. The lowest BCUT2D eigenvalue weighted by Gasteiger charge is -2.47. The number of ketones is 1. The average Bonchev–Trinajstić information content (AvgIpc) is 2.62. The number of benzene rings is 1. The number of ether oxygens (including phenoxy) is 1. The quantitative estimate of drug-likeness (QED) is 0.528. The number of nitrogens with zero attached hydrogens (tertiary/aromatic N) is 1. The van der Waals surface area contributed by atoms with Crippen molar-refractivity contribution in [1.82, 2.24) is 0 Å². The van der Waals surface area contributed by atoms with Crippen molar-refractivity contribution < 1.29 is 18.7 Å². The number of anilines is 1. The molecular formula is C23H29NO5. The summed E-state index contributed by atoms with van der Waals surface area (Å²) in [6.07, 6.45) is 2.28. The van der Waals surface area contributed by atoms with Gasteiger partial charge in [0.2, 0.25) is 0 Å². The predicted octanol–water partition coefficient (Wildman–Crippen LogP) is 4.43. The zero-order chi connectivity index (χ0) is 21.3. The smallest absolute Gasteiger partial charge is 0.351 e. The first-order chi connectivity index (χ1) is 13.6. The second-order valence-electron chi connectivity index (χ2n) is 8.49. The van der Waals surface area contributed by atoms with Crippen LogP contribution in [0.3, 0.4) is 0 Å². The number of carbonyl (C=O) groups excluding carboxylic acids is 2. The average molecular weight is 399 g/mol. The predicted molar refractivity (Wildman–Crippen MR) is 113 cm³/mol. The minimum Gasteiger partial charge on any atom is -0.462 e. The lowest BCUT2D eigenvalue weighted by atomic mass is 9.79. The Kier molecular flexibility index (Phi) is 5.82. The fourth-order valence-electron chi connectivity index (χ4n) is 4.36. The van der Waals surface area contributed by atoms with Gasteiger partial charge in [-0.15, -0.1) is 0 Å². The zero-order valence-electron chi connectivity index (χ0n) is 17.8. The summed E-state index contributed by atoms with van der Waals surface area (Å²) in [7, 11) is 0. The van der Waals surface area contributed by atoms with Gasteiger partial charge in [0.15, 0.2) is 0 Å². The minimum atomic E-state index is -0.692. The molecule has 2 heterocycles. The molecule has 0 N–H and O–H groups in total. The van der Waals surface area contributed by atoms with Crippen LogP contribution in [0.4, 0.5) is 5.69 Å². The third-order valence-electron chi connectivity index (χ3n) is 5.65. The van der Waals surface area contributed by atoms with E-state index in [4.69, 9.17) is 9.15 Å². The number of esters is 1. The van der Waals surface area contributed by atoms with Crippen LogP contribution in [-0.4, -0.2) is 30.4 Å². The molecule has 0 saturated carbocycles. The van der Waals surface area contributed by atoms with Crippen molar-refractivity contribution in [3.8, 4) is 0 Å². The Hall–Kier alpha value is -2.63. The summed E-state index contributed by atoms with van der Waals surface area (Å²) in [5.41, 5.74) is 1.77. The lowest BCUT2D eigenvalue weighted by Crippen LogP contribution is -2.48. The third kappa shape index (κ3) is 4.21. The molecule has 0 amide bonds. The van der Waals surface area contributed by atoms with Crippen LogP contribution in [0.2, 0.25) is 0 Å². The number of carbonyl (C=O) groups is 2. The Morgan fingerprint density at radius 1 is 1.28 bits per heavy atom. The van der Waals surface area contributed by atoms with E-state index >= 15 is 0 Å². The van der Waals surface area contributed by atoms with Gasteiger partial charge in [0.05, 0.1) is 6.61 Å². The Labute approximate surface area is 170 Å². The number of rotatable bonds is 6. The highest BCUT2D eigenvalue weighted by molar-refractivity contribution is 5.94. The van der Waals surface area contributed by atoms with Crippen molar-refractivity contribution in [3.05, 3.63) is 39.7 Å². The summed E-state index contributed by atoms with van der Waals surface area (Å²) in [5, 5.41) is 0.710. The van der Waals surface area contributed by atoms with Crippen LogP contribution in [0, 0.1) is 0 Å². The van der Waals surface area contributed by atoms with Crippen molar-refractivity contribution in [2.24, 2.45) is 0 Å². The summed E-state index contributed by atoms with van der Waals surface area (Å²) in [4.78, 5) is 38.1. The van der Waals surface area contributed by atoms with E-state index in [0.29, 0.717) is 23.3 Å². The summed E-state index contributed by atoms with van der Waals surface area (Å²) >= 11 is 0. The van der Waals surface area contributed by atoms with Gasteiger partial charge in [-0.1, -0.05) is 6.92 Å². The molecule has 1 aliphatic rings. The second kappa shape index (κ2) is 8.01. The molecule has 6 heteroatoms. The SMILES string of the molecule is CCOC(=O)c1cc2cc3c(cc2oc1=O)N(CCCC(C)=O)C(C)(C)CC3C. The van der Waals surface area contributed by atoms with Crippen LogP contribution in [0.1, 0.15) is 75.7 Å². The fraction of sp³-hybridized carbons (Fsp3) is 0.522. The van der Waals surface area contributed by atoms with Gasteiger partial charge in [0.1, 0.15) is 16.9 Å². The fourth-order valence-corrected chi connectivity index (χ4v) is 4.36. The highest BCUT2D eigenvalue weighted by atomic mass is 16.5. The number of Topliss-reactive ketones (excluding diaryl/α,β-unsaturated/α-hetero) is 1. The van der Waals surface area contributed by atoms with Gasteiger partial charge < -0.3 is 18.8 Å². The molecule has 0 saturated heterocycles. The molecule has 0 spiro atoms. The normalized spacial score (nSPS) is 17.8. The standard InChI is InChI=1S/C23H29NO5/c1-6-28-21(26)18-11-16-10-17-14(2)13-23(4,5)24(9-7-8-15(3)25)19(17)12-20(16)29-22(18)27/h10-12,14H,6-9,13H2,1-5H3. The maximum Gasteiger partial charge on any atom is 0.351 e. The largest absolute Gasteiger partial charge is 0.462 e. The van der Waals surface area contributed by atoms with Crippen molar-refractivity contribution in [2.75, 3.05) is 18.1 Å². The van der Waals surface area contributed by atoms with Crippen LogP contribution >= 0.6 is 0 Å². The van der Waals surface area contributed by atoms with Gasteiger partial charge in [-0.25, -0.2) is 9.59 Å². The molecule has 1 aromatic heterocycles. The Bertz CT molecular complexity index is 1000. The highest BCUT2D eigenvalue weighted by Gasteiger charge is 2.36. The highest BCUT2D eigenvalue weighted by Crippen LogP contribution is 2.44. The van der Waals surface area contributed by atoms with E-state index in [-0.39, 0.29) is 23.5 Å². The van der Waals surface area contributed by atoms with E-state index in [0.717, 1.165) is 30.6 Å². The van der Waals surface area contributed by atoms with Gasteiger partial charge in [-0.3, -0.25) is 0 Å². The van der Waals surface area contributed by atoms with Crippen LogP contribution in [0.25, 0.3) is 11.0 Å². The Morgan fingerprint density at radius 2 is 2.00 bits per heavy atom. The molecule has 0 aliphatic carbocycles. The first kappa shape index (κ1) is 21.1. The van der Waals surface area contributed by atoms with Gasteiger partial charge >= 0.3 is 11.6 Å². The first-order valence-corrected chi connectivity index (χ1v) is 10.2. The molecule has 0 bridgehead atoms. The molecule has 2 aromatic rings. The van der Waals surface area contributed by atoms with Crippen LogP contribution in [-0.2, 0) is 9.53 Å². The number of hydrogen-bond acceptors (Lipinski definition) is 6. The molecule has 156 valence electrons. The van der Waals surface area contributed by atoms with E-state index in [2.05, 4.69) is 25.7 Å². The molecule has 1 unspecified atom stereocenters. The van der Waals surface area contributed by atoms with Crippen LogP contribution in [0.15, 0.2) is 27.4 Å². The van der Waals surface area contributed by atoms with Crippen LogP contribution in [0.5, 0.6) is 0 Å². The topological polar surface area (TPSA) is 76.8 Å². The molecule has 1 aromatic carbocycles. The second-order valence-corrected chi connectivity index (χ2v) is 8.49. The molecule has 0 radical (unpaired) electrons. The summed E-state index contributed by atoms with van der Waals surface area (Å²) in [6, 6.07) is 5.46. The molecule has 29 heavy (non-hydrogen) atoms. The van der Waals surface area contributed by atoms with Gasteiger partial charge in [-0.05, 0) is 64.2 Å². The molecule has 3 rings (SSSR count). The monoisotopic (exact) mass is 399 g/mol. The summed E-state index contributed by atoms with van der Waals surface area (Å²) in [6.45, 7) is 10.8. The van der Waals surface area contributed by atoms with E-state index in [9.17, 15) is 14.4 Å².